The molecule has 0 aliphatic heterocycles. The van der Waals surface area contributed by atoms with Crippen molar-refractivity contribution in [3.05, 3.63) is 52.9 Å². The van der Waals surface area contributed by atoms with Crippen molar-refractivity contribution < 1.29 is 4.79 Å². The lowest BCUT2D eigenvalue weighted by molar-refractivity contribution is -0.105. The first-order valence-corrected chi connectivity index (χ1v) is 7.00. The number of aromatic nitrogens is 2. The highest BCUT2D eigenvalue weighted by atomic mass is 35.5. The molecule has 1 aliphatic carbocycles. The lowest BCUT2D eigenvalue weighted by atomic mass is 9.87. The highest BCUT2D eigenvalue weighted by Crippen LogP contribution is 2.38. The fraction of sp³-hybridized carbons (Fsp3) is 0.250. The summed E-state index contributed by atoms with van der Waals surface area (Å²) < 4.78 is 1.94. The van der Waals surface area contributed by atoms with Crippen LogP contribution in [0.2, 0.25) is 0 Å². The summed E-state index contributed by atoms with van der Waals surface area (Å²) in [6.07, 6.45) is 1.64. The second-order valence-electron chi connectivity index (χ2n) is 5.15. The summed E-state index contributed by atoms with van der Waals surface area (Å²) in [7, 11) is 0. The Morgan fingerprint density at radius 2 is 2.05 bits per heavy atom. The van der Waals surface area contributed by atoms with Gasteiger partial charge in [0.15, 0.2) is 0 Å². The van der Waals surface area contributed by atoms with E-state index in [-0.39, 0.29) is 5.92 Å². The van der Waals surface area contributed by atoms with Crippen LogP contribution in [-0.2, 0) is 11.2 Å². The van der Waals surface area contributed by atoms with E-state index >= 15 is 0 Å². The van der Waals surface area contributed by atoms with Crippen LogP contribution in [0.25, 0.3) is 10.7 Å². The van der Waals surface area contributed by atoms with Gasteiger partial charge in [0.2, 0.25) is 0 Å². The van der Waals surface area contributed by atoms with Gasteiger partial charge in [0.05, 0.1) is 22.1 Å². The summed E-state index contributed by atoms with van der Waals surface area (Å²) in [5.74, 6) is 0.117. The molecule has 0 saturated heterocycles. The molecule has 1 aromatic heterocycles. The third kappa shape index (κ3) is 1.90. The van der Waals surface area contributed by atoms with Crippen molar-refractivity contribution in [2.75, 3.05) is 0 Å². The Morgan fingerprint density at radius 3 is 2.70 bits per heavy atom. The largest absolute Gasteiger partial charge is 0.298 e. The molecule has 102 valence electrons. The number of halogens is 1. The Labute approximate surface area is 122 Å². The van der Waals surface area contributed by atoms with Crippen LogP contribution in [-0.4, -0.2) is 16.1 Å². The lowest BCUT2D eigenvalue weighted by Gasteiger charge is -2.21. The molecule has 0 fully saturated rings. The number of benzene rings is 1. The number of rotatable bonds is 2. The molecule has 0 unspecified atom stereocenters. The molecular formula is C16H15ClN2O. The van der Waals surface area contributed by atoms with Crippen LogP contribution in [0.3, 0.4) is 0 Å². The number of hydrogen-bond acceptors (Lipinski definition) is 2. The van der Waals surface area contributed by atoms with Gasteiger partial charge >= 0.3 is 0 Å². The minimum atomic E-state index is 0.117. The number of allylic oxidation sites excluding steroid dienone is 1. The zero-order chi connectivity index (χ0) is 14.3. The Balaban J connectivity index is 2.24. The van der Waals surface area contributed by atoms with E-state index in [1.54, 1.807) is 0 Å². The molecule has 3 rings (SSSR count). The summed E-state index contributed by atoms with van der Waals surface area (Å²) in [5, 5.41) is 5.15. The van der Waals surface area contributed by atoms with Crippen molar-refractivity contribution in [1.82, 2.24) is 9.78 Å². The minimum Gasteiger partial charge on any atom is -0.298 e. The van der Waals surface area contributed by atoms with Gasteiger partial charge in [-0.2, -0.15) is 5.10 Å². The van der Waals surface area contributed by atoms with Gasteiger partial charge in [0, 0.05) is 11.1 Å². The summed E-state index contributed by atoms with van der Waals surface area (Å²) in [4.78, 5) is 11.2. The number of carbonyl (C=O) groups excluding carboxylic acids is 1. The van der Waals surface area contributed by atoms with Crippen molar-refractivity contribution in [3.8, 4) is 5.69 Å². The highest BCUT2D eigenvalue weighted by Gasteiger charge is 2.29. The first kappa shape index (κ1) is 13.1. The number of hydrogen-bond donors (Lipinski definition) is 0. The maximum Gasteiger partial charge on any atom is 0.147 e. The minimum absolute atomic E-state index is 0.117. The summed E-state index contributed by atoms with van der Waals surface area (Å²) in [5.41, 5.74) is 4.55. The highest BCUT2D eigenvalue weighted by molar-refractivity contribution is 6.51. The van der Waals surface area contributed by atoms with E-state index in [0.29, 0.717) is 10.6 Å². The smallest absolute Gasteiger partial charge is 0.147 e. The van der Waals surface area contributed by atoms with Crippen molar-refractivity contribution in [1.29, 1.82) is 0 Å². The van der Waals surface area contributed by atoms with Crippen molar-refractivity contribution >= 4 is 22.9 Å². The molecule has 0 spiro atoms. The molecule has 2 aromatic rings. The number of carbonyl (C=O) groups is 1. The molecule has 0 amide bonds. The topological polar surface area (TPSA) is 34.9 Å². The predicted octanol–water partition coefficient (Wildman–Crippen LogP) is 3.52. The fourth-order valence-corrected chi connectivity index (χ4v) is 3.24. The molecule has 0 N–H and O–H groups in total. The van der Waals surface area contributed by atoms with E-state index < -0.39 is 0 Å². The van der Waals surface area contributed by atoms with E-state index in [1.807, 2.05) is 48.9 Å². The zero-order valence-electron chi connectivity index (χ0n) is 11.4. The molecule has 1 atom stereocenters. The molecule has 1 heterocycles. The third-order valence-corrected chi connectivity index (χ3v) is 4.19. The van der Waals surface area contributed by atoms with E-state index in [4.69, 9.17) is 11.6 Å². The van der Waals surface area contributed by atoms with Gasteiger partial charge in [-0.1, -0.05) is 36.7 Å². The van der Waals surface area contributed by atoms with Gasteiger partial charge in [-0.25, -0.2) is 4.68 Å². The van der Waals surface area contributed by atoms with Crippen molar-refractivity contribution in [2.45, 2.75) is 20.3 Å². The van der Waals surface area contributed by atoms with Crippen LogP contribution in [0.15, 0.2) is 35.9 Å². The van der Waals surface area contributed by atoms with Gasteiger partial charge in [0.25, 0.3) is 0 Å². The average Bonchev–Trinajstić information content (AvgIpc) is 2.77. The molecule has 4 heteroatoms. The van der Waals surface area contributed by atoms with Gasteiger partial charge < -0.3 is 0 Å². The summed E-state index contributed by atoms with van der Waals surface area (Å²) in [6, 6.07) is 9.99. The Bertz CT molecular complexity index is 701. The predicted molar refractivity (Wildman–Crippen MR) is 80.0 cm³/mol. The average molecular weight is 287 g/mol. The zero-order valence-corrected chi connectivity index (χ0v) is 12.2. The normalized spacial score (nSPS) is 18.1. The first-order chi connectivity index (χ1) is 9.63. The number of aldehydes is 1. The maximum absolute atomic E-state index is 11.2. The second-order valence-corrected chi connectivity index (χ2v) is 5.52. The standard InChI is InChI=1S/C16H15ClN2O/c1-10-8-14-15(16(17)13(10)9-20)11(2)18-19(14)12-6-4-3-5-7-12/h3-7,9-10H,8H2,1-2H3/t10-/m0/s1. The van der Waals surface area contributed by atoms with Crippen molar-refractivity contribution in [2.24, 2.45) is 5.92 Å². The molecule has 0 bridgehead atoms. The number of para-hydroxylation sites is 1. The molecule has 3 nitrogen and oxygen atoms in total. The Morgan fingerprint density at radius 1 is 1.35 bits per heavy atom. The van der Waals surface area contributed by atoms with Gasteiger partial charge in [-0.3, -0.25) is 4.79 Å². The van der Waals surface area contributed by atoms with Gasteiger partial charge in [-0.15, -0.1) is 0 Å². The Kier molecular flexibility index (Phi) is 3.22. The SMILES string of the molecule is Cc1nn(-c2ccccc2)c2c1C(Cl)=C(C=O)[C@@H](C)C2. The van der Waals surface area contributed by atoms with Gasteiger partial charge in [-0.05, 0) is 31.4 Å². The second kappa shape index (κ2) is 4.91. The molecule has 20 heavy (non-hydrogen) atoms. The summed E-state index contributed by atoms with van der Waals surface area (Å²) in [6.45, 7) is 3.95. The monoisotopic (exact) mass is 286 g/mol. The first-order valence-electron chi connectivity index (χ1n) is 6.62. The van der Waals surface area contributed by atoms with Crippen LogP contribution in [0.1, 0.15) is 23.9 Å². The number of fused-ring (bicyclic) bond motifs is 1. The van der Waals surface area contributed by atoms with Crippen LogP contribution in [0, 0.1) is 12.8 Å². The Hall–Kier alpha value is -1.87. The third-order valence-electron chi connectivity index (χ3n) is 3.79. The van der Waals surface area contributed by atoms with Crippen LogP contribution < -0.4 is 0 Å². The quantitative estimate of drug-likeness (QED) is 0.792. The molecule has 0 saturated carbocycles. The van der Waals surface area contributed by atoms with E-state index in [1.165, 1.54) is 0 Å². The van der Waals surface area contributed by atoms with E-state index in [0.717, 1.165) is 35.3 Å². The van der Waals surface area contributed by atoms with E-state index in [2.05, 4.69) is 5.10 Å². The number of aryl methyl sites for hydroxylation is 1. The lowest BCUT2D eigenvalue weighted by Crippen LogP contribution is -2.15. The van der Waals surface area contributed by atoms with Crippen LogP contribution in [0.4, 0.5) is 0 Å². The molecule has 1 aliphatic rings. The van der Waals surface area contributed by atoms with Crippen LogP contribution in [0.5, 0.6) is 0 Å². The van der Waals surface area contributed by atoms with Gasteiger partial charge in [0.1, 0.15) is 6.29 Å². The molecule has 1 aromatic carbocycles. The molecular weight excluding hydrogens is 272 g/mol. The molecule has 0 radical (unpaired) electrons. The van der Waals surface area contributed by atoms with E-state index in [9.17, 15) is 4.79 Å². The number of nitrogens with zero attached hydrogens (tertiary/aromatic N) is 2. The summed E-state index contributed by atoms with van der Waals surface area (Å²) >= 11 is 6.41. The van der Waals surface area contributed by atoms with Crippen LogP contribution >= 0.6 is 11.6 Å². The maximum atomic E-state index is 11.2. The fourth-order valence-electron chi connectivity index (χ4n) is 2.76. The van der Waals surface area contributed by atoms with Crippen molar-refractivity contribution in [3.63, 3.8) is 0 Å².